The Morgan fingerprint density at radius 3 is 2.44 bits per heavy atom. The number of halogens is 1. The third-order valence-corrected chi connectivity index (χ3v) is 4.76. The number of hydrogen-bond donors (Lipinski definition) is 1. The number of anilines is 1. The highest BCUT2D eigenvalue weighted by atomic mass is 35.5. The monoisotopic (exact) mass is 381 g/mol. The number of carbonyl (C=O) groups excluding carboxylic acids is 2. The molecular formula is C21H20ClN3O2. The Kier molecular flexibility index (Phi) is 5.72. The fourth-order valence-corrected chi connectivity index (χ4v) is 3.11. The van der Waals surface area contributed by atoms with E-state index in [1.807, 2.05) is 31.2 Å². The summed E-state index contributed by atoms with van der Waals surface area (Å²) in [6.45, 7) is 1.82. The van der Waals surface area contributed by atoms with Crippen LogP contribution in [0.5, 0.6) is 0 Å². The highest BCUT2D eigenvalue weighted by molar-refractivity contribution is 6.33. The number of aromatic nitrogens is 2. The normalized spacial score (nSPS) is 10.6. The number of Topliss-reactive ketones (excluding diaryl/α,β-unsaturated/α-hetero) is 1. The number of carbonyl (C=O) groups is 2. The van der Waals surface area contributed by atoms with E-state index in [4.69, 9.17) is 11.6 Å². The van der Waals surface area contributed by atoms with Gasteiger partial charge in [0.15, 0.2) is 5.78 Å². The molecule has 0 bridgehead atoms. The molecule has 1 amide bonds. The van der Waals surface area contributed by atoms with Gasteiger partial charge >= 0.3 is 0 Å². The van der Waals surface area contributed by atoms with E-state index in [2.05, 4.69) is 10.2 Å². The van der Waals surface area contributed by atoms with Gasteiger partial charge in [0.05, 0.1) is 11.4 Å². The van der Waals surface area contributed by atoms with Gasteiger partial charge in [0.2, 0.25) is 5.91 Å². The minimum Gasteiger partial charge on any atom is -0.315 e. The largest absolute Gasteiger partial charge is 0.315 e. The summed E-state index contributed by atoms with van der Waals surface area (Å²) in [5.41, 5.74) is 3.93. The molecular weight excluding hydrogens is 362 g/mol. The summed E-state index contributed by atoms with van der Waals surface area (Å²) in [4.78, 5) is 25.8. The molecule has 5 nitrogen and oxygen atoms in total. The number of nitrogens with zero attached hydrogens (tertiary/aromatic N) is 2. The lowest BCUT2D eigenvalue weighted by Gasteiger charge is -2.17. The average Bonchev–Trinajstić information content (AvgIpc) is 3.19. The van der Waals surface area contributed by atoms with Crippen LogP contribution in [0.2, 0.25) is 5.02 Å². The lowest BCUT2D eigenvalue weighted by Crippen LogP contribution is -2.24. The van der Waals surface area contributed by atoms with Crippen LogP contribution in [0.15, 0.2) is 54.7 Å². The van der Waals surface area contributed by atoms with Crippen LogP contribution >= 0.6 is 11.6 Å². The summed E-state index contributed by atoms with van der Waals surface area (Å²) in [5.74, 6) is 0.0471. The van der Waals surface area contributed by atoms with Gasteiger partial charge in [-0.2, -0.15) is 5.10 Å². The summed E-state index contributed by atoms with van der Waals surface area (Å²) in [6, 6.07) is 14.7. The van der Waals surface area contributed by atoms with E-state index in [9.17, 15) is 9.59 Å². The van der Waals surface area contributed by atoms with Crippen LogP contribution in [-0.2, 0) is 11.2 Å². The van der Waals surface area contributed by atoms with Crippen LogP contribution in [-0.4, -0.2) is 28.9 Å². The van der Waals surface area contributed by atoms with Crippen LogP contribution in [0.1, 0.15) is 29.4 Å². The van der Waals surface area contributed by atoms with Gasteiger partial charge in [-0.15, -0.1) is 0 Å². The molecule has 0 saturated carbocycles. The van der Waals surface area contributed by atoms with Gasteiger partial charge in [-0.05, 0) is 23.8 Å². The van der Waals surface area contributed by atoms with Crippen molar-refractivity contribution in [2.24, 2.45) is 0 Å². The quantitative estimate of drug-likeness (QED) is 0.638. The molecule has 1 N–H and O–H groups in total. The van der Waals surface area contributed by atoms with E-state index in [1.54, 1.807) is 42.4 Å². The molecule has 2 aromatic carbocycles. The zero-order chi connectivity index (χ0) is 19.4. The van der Waals surface area contributed by atoms with Crippen molar-refractivity contribution >= 4 is 29.0 Å². The van der Waals surface area contributed by atoms with Gasteiger partial charge in [0, 0.05) is 42.2 Å². The summed E-state index contributed by atoms with van der Waals surface area (Å²) >= 11 is 6.44. The number of aromatic amines is 1. The molecule has 1 heterocycles. The number of nitrogens with one attached hydrogen (secondary N) is 1. The Morgan fingerprint density at radius 1 is 1.11 bits per heavy atom. The lowest BCUT2D eigenvalue weighted by molar-refractivity contribution is -0.118. The summed E-state index contributed by atoms with van der Waals surface area (Å²) in [5, 5.41) is 7.20. The first kappa shape index (κ1) is 18.9. The zero-order valence-electron chi connectivity index (χ0n) is 15.2. The van der Waals surface area contributed by atoms with Gasteiger partial charge in [0.1, 0.15) is 0 Å². The van der Waals surface area contributed by atoms with Gasteiger partial charge < -0.3 is 4.90 Å². The number of amides is 1. The van der Waals surface area contributed by atoms with Crippen LogP contribution in [0.3, 0.4) is 0 Å². The van der Waals surface area contributed by atoms with Crippen molar-refractivity contribution in [3.05, 3.63) is 71.0 Å². The Labute approximate surface area is 163 Å². The van der Waals surface area contributed by atoms with Crippen LogP contribution < -0.4 is 4.90 Å². The van der Waals surface area contributed by atoms with Gasteiger partial charge in [-0.25, -0.2) is 0 Å². The van der Waals surface area contributed by atoms with Crippen molar-refractivity contribution in [1.82, 2.24) is 10.2 Å². The van der Waals surface area contributed by atoms with E-state index in [-0.39, 0.29) is 18.1 Å². The minimum atomic E-state index is 0.0203. The van der Waals surface area contributed by atoms with E-state index < -0.39 is 0 Å². The molecule has 0 atom stereocenters. The molecule has 3 rings (SSSR count). The van der Waals surface area contributed by atoms with Gasteiger partial charge in [0.25, 0.3) is 0 Å². The van der Waals surface area contributed by atoms with Gasteiger partial charge in [-0.3, -0.25) is 14.7 Å². The fraction of sp³-hybridized carbons (Fsp3) is 0.190. The minimum absolute atomic E-state index is 0.0203. The molecule has 0 radical (unpaired) electrons. The topological polar surface area (TPSA) is 66.1 Å². The highest BCUT2D eigenvalue weighted by Crippen LogP contribution is 2.31. The maximum atomic E-state index is 12.3. The maximum Gasteiger partial charge on any atom is 0.226 e. The molecule has 138 valence electrons. The molecule has 0 unspecified atom stereocenters. The third kappa shape index (κ3) is 4.26. The Hall–Kier alpha value is -2.92. The molecule has 0 aliphatic rings. The molecule has 0 aliphatic heterocycles. The number of hydrogen-bond acceptors (Lipinski definition) is 3. The van der Waals surface area contributed by atoms with Crippen LogP contribution in [0, 0.1) is 0 Å². The van der Waals surface area contributed by atoms with Crippen molar-refractivity contribution in [1.29, 1.82) is 0 Å². The first-order valence-corrected chi connectivity index (χ1v) is 9.05. The van der Waals surface area contributed by atoms with Crippen molar-refractivity contribution < 1.29 is 9.59 Å². The van der Waals surface area contributed by atoms with E-state index in [1.165, 1.54) is 0 Å². The number of ketones is 1. The Bertz CT molecular complexity index is 950. The van der Waals surface area contributed by atoms with Crippen molar-refractivity contribution in [2.75, 3.05) is 11.9 Å². The molecule has 6 heteroatoms. The number of benzene rings is 2. The van der Waals surface area contributed by atoms with Crippen molar-refractivity contribution in [3.63, 3.8) is 0 Å². The van der Waals surface area contributed by atoms with E-state index >= 15 is 0 Å². The second-order valence-electron chi connectivity index (χ2n) is 6.23. The predicted molar refractivity (Wildman–Crippen MR) is 107 cm³/mol. The second kappa shape index (κ2) is 8.18. The second-order valence-corrected chi connectivity index (χ2v) is 6.64. The third-order valence-electron chi connectivity index (χ3n) is 4.44. The number of H-pyrrole nitrogens is 1. The lowest BCUT2D eigenvalue weighted by atomic mass is 10.0. The van der Waals surface area contributed by atoms with Crippen LogP contribution in [0.4, 0.5) is 5.69 Å². The average molecular weight is 382 g/mol. The Morgan fingerprint density at radius 2 is 1.85 bits per heavy atom. The molecule has 1 aromatic heterocycles. The molecule has 0 spiro atoms. The summed E-state index contributed by atoms with van der Waals surface area (Å²) in [7, 11) is 1.73. The van der Waals surface area contributed by atoms with Crippen LogP contribution in [0.25, 0.3) is 11.1 Å². The Balaban J connectivity index is 1.78. The SMILES string of the molecule is CCC(=O)N(C)c1ccc(-c2ccc(C(=O)Cc3ccn[nH]3)cc2)c(Cl)c1. The van der Waals surface area contributed by atoms with Crippen molar-refractivity contribution in [3.8, 4) is 11.1 Å². The summed E-state index contributed by atoms with van der Waals surface area (Å²) < 4.78 is 0. The zero-order valence-corrected chi connectivity index (χ0v) is 16.0. The van der Waals surface area contributed by atoms with Crippen molar-refractivity contribution in [2.45, 2.75) is 19.8 Å². The molecule has 3 aromatic rings. The first-order valence-electron chi connectivity index (χ1n) is 8.67. The maximum absolute atomic E-state index is 12.3. The van der Waals surface area contributed by atoms with Gasteiger partial charge in [-0.1, -0.05) is 48.9 Å². The predicted octanol–water partition coefficient (Wildman–Crippen LogP) is 4.53. The first-order chi connectivity index (χ1) is 13.0. The van der Waals surface area contributed by atoms with E-state index in [0.29, 0.717) is 17.0 Å². The fourth-order valence-electron chi connectivity index (χ4n) is 2.82. The molecule has 0 saturated heterocycles. The standard InChI is InChI=1S/C21H20ClN3O2/c1-3-21(27)25(2)17-8-9-18(19(22)13-17)14-4-6-15(7-5-14)20(26)12-16-10-11-23-24-16/h4-11,13H,3,12H2,1-2H3,(H,23,24). The molecule has 0 aliphatic carbocycles. The summed E-state index contributed by atoms with van der Waals surface area (Å²) in [6.07, 6.45) is 2.35. The number of rotatable bonds is 6. The highest BCUT2D eigenvalue weighted by Gasteiger charge is 2.13. The molecule has 27 heavy (non-hydrogen) atoms. The molecule has 0 fully saturated rings. The van der Waals surface area contributed by atoms with E-state index in [0.717, 1.165) is 22.5 Å². The smallest absolute Gasteiger partial charge is 0.226 e.